The van der Waals surface area contributed by atoms with Gasteiger partial charge in [0.15, 0.2) is 0 Å². The number of benzene rings is 3. The number of hydrogen-bond acceptors (Lipinski definition) is 6. The van der Waals surface area contributed by atoms with Gasteiger partial charge in [-0.25, -0.2) is 9.07 Å². The van der Waals surface area contributed by atoms with E-state index in [0.29, 0.717) is 17.1 Å². The van der Waals surface area contributed by atoms with Crippen molar-refractivity contribution < 1.29 is 13.9 Å². The number of anilines is 1. The molecule has 1 atom stereocenters. The molecule has 1 aromatic heterocycles. The highest BCUT2D eigenvalue weighted by Crippen LogP contribution is 2.30. The molecule has 3 aromatic carbocycles. The van der Waals surface area contributed by atoms with E-state index in [9.17, 15) is 9.18 Å². The molecule has 168 valence electrons. The van der Waals surface area contributed by atoms with Crippen LogP contribution in [0.1, 0.15) is 17.4 Å². The molecule has 4 aromatic rings. The van der Waals surface area contributed by atoms with Gasteiger partial charge in [-0.2, -0.15) is 0 Å². The Balaban J connectivity index is 1.47. The largest absolute Gasteiger partial charge is 0.497 e. The van der Waals surface area contributed by atoms with Crippen molar-refractivity contribution in [2.75, 3.05) is 12.4 Å². The molecule has 0 bridgehead atoms. The predicted octanol–water partition coefficient (Wildman–Crippen LogP) is 4.70. The number of methoxy groups -OCH3 is 1. The first-order valence-corrected chi connectivity index (χ1v) is 11.1. The highest BCUT2D eigenvalue weighted by Gasteiger charge is 2.24. The molecule has 4 rings (SSSR count). The first-order valence-electron chi connectivity index (χ1n) is 10.2. The minimum absolute atomic E-state index is 0.251. The molecule has 7 nitrogen and oxygen atoms in total. The Bertz CT molecular complexity index is 1230. The quantitative estimate of drug-likeness (QED) is 0.408. The lowest BCUT2D eigenvalue weighted by Crippen LogP contribution is -2.29. The first kappa shape index (κ1) is 22.5. The van der Waals surface area contributed by atoms with Crippen LogP contribution >= 0.6 is 11.8 Å². The lowest BCUT2D eigenvalue weighted by atomic mass is 10.0. The molecule has 33 heavy (non-hydrogen) atoms. The van der Waals surface area contributed by atoms with Gasteiger partial charge in [-0.05, 0) is 83.6 Å². The van der Waals surface area contributed by atoms with E-state index in [1.165, 1.54) is 16.8 Å². The van der Waals surface area contributed by atoms with Gasteiger partial charge in [0, 0.05) is 21.9 Å². The molecule has 0 aliphatic heterocycles. The predicted molar refractivity (Wildman–Crippen MR) is 124 cm³/mol. The van der Waals surface area contributed by atoms with E-state index in [1.807, 2.05) is 48.5 Å². The summed E-state index contributed by atoms with van der Waals surface area (Å²) in [4.78, 5) is 15.3. The van der Waals surface area contributed by atoms with Crippen LogP contribution in [0.5, 0.6) is 5.75 Å². The van der Waals surface area contributed by atoms with Gasteiger partial charge in [0.25, 0.3) is 0 Å². The topological polar surface area (TPSA) is 81.9 Å². The van der Waals surface area contributed by atoms with Crippen LogP contribution in [-0.2, 0) is 11.2 Å². The Kier molecular flexibility index (Phi) is 6.99. The molecule has 0 saturated carbocycles. The third-order valence-corrected chi connectivity index (χ3v) is 6.01. The average molecular weight is 464 g/mol. The summed E-state index contributed by atoms with van der Waals surface area (Å²) in [5.41, 5.74) is 1.32. The van der Waals surface area contributed by atoms with Crippen LogP contribution in [0.25, 0.3) is 0 Å². The van der Waals surface area contributed by atoms with Gasteiger partial charge < -0.3 is 10.1 Å². The number of aromatic nitrogens is 4. The van der Waals surface area contributed by atoms with Gasteiger partial charge in [-0.3, -0.25) is 4.79 Å². The normalized spacial score (nSPS) is 11.7. The van der Waals surface area contributed by atoms with Crippen molar-refractivity contribution >= 4 is 23.4 Å². The van der Waals surface area contributed by atoms with Gasteiger partial charge in [-0.1, -0.05) is 23.9 Å². The second-order valence-corrected chi connectivity index (χ2v) is 8.46. The lowest BCUT2D eigenvalue weighted by Gasteiger charge is -2.18. The SMILES string of the molecule is COc1ccc(Sc2ccc(NC(=O)C(Cc3cccc(F)c3)n3nnnc3C)cc2)cc1. The highest BCUT2D eigenvalue weighted by molar-refractivity contribution is 7.99. The molecule has 1 amide bonds. The molecule has 0 fully saturated rings. The van der Waals surface area contributed by atoms with E-state index in [0.717, 1.165) is 15.5 Å². The van der Waals surface area contributed by atoms with Gasteiger partial charge in [0.2, 0.25) is 5.91 Å². The Labute approximate surface area is 195 Å². The number of carbonyl (C=O) groups is 1. The van der Waals surface area contributed by atoms with E-state index in [1.54, 1.807) is 37.9 Å². The Morgan fingerprint density at radius 1 is 1.09 bits per heavy atom. The summed E-state index contributed by atoms with van der Waals surface area (Å²) in [6.07, 6.45) is 0.251. The zero-order valence-corrected chi connectivity index (χ0v) is 18.9. The van der Waals surface area contributed by atoms with Crippen LogP contribution in [0.2, 0.25) is 0 Å². The molecule has 1 heterocycles. The molecular formula is C24H22FN5O2S. The molecule has 1 N–H and O–H groups in total. The smallest absolute Gasteiger partial charge is 0.249 e. The number of amides is 1. The van der Waals surface area contributed by atoms with Crippen molar-refractivity contribution in [1.29, 1.82) is 0 Å². The molecule has 0 aliphatic rings. The zero-order valence-electron chi connectivity index (χ0n) is 18.1. The molecule has 0 aliphatic carbocycles. The fourth-order valence-corrected chi connectivity index (χ4v) is 4.13. The third kappa shape index (κ3) is 5.75. The standard InChI is InChI=1S/C24H22FN5O2S/c1-16-27-28-29-30(16)23(15-17-4-3-5-18(25)14-17)24(31)26-19-6-10-21(11-7-19)33-22-12-8-20(32-2)9-13-22/h3-14,23H,15H2,1-2H3,(H,26,31). The second kappa shape index (κ2) is 10.3. The third-order valence-electron chi connectivity index (χ3n) is 4.99. The zero-order chi connectivity index (χ0) is 23.2. The fourth-order valence-electron chi connectivity index (χ4n) is 3.32. The average Bonchev–Trinajstić information content (AvgIpc) is 3.24. The molecule has 9 heteroatoms. The number of carbonyl (C=O) groups excluding carboxylic acids is 1. The van der Waals surface area contributed by atoms with Crippen LogP contribution in [-0.4, -0.2) is 33.2 Å². The first-order chi connectivity index (χ1) is 16.0. The minimum Gasteiger partial charge on any atom is -0.497 e. The van der Waals surface area contributed by atoms with E-state index in [2.05, 4.69) is 20.8 Å². The maximum Gasteiger partial charge on any atom is 0.249 e. The Morgan fingerprint density at radius 2 is 1.79 bits per heavy atom. The van der Waals surface area contributed by atoms with Crippen molar-refractivity contribution in [1.82, 2.24) is 20.2 Å². The maximum atomic E-state index is 13.7. The van der Waals surface area contributed by atoms with E-state index >= 15 is 0 Å². The Morgan fingerprint density at radius 3 is 2.39 bits per heavy atom. The summed E-state index contributed by atoms with van der Waals surface area (Å²) in [6, 6.07) is 20.8. The number of tetrazole rings is 1. The van der Waals surface area contributed by atoms with Gasteiger partial charge in [0.1, 0.15) is 23.4 Å². The summed E-state index contributed by atoms with van der Waals surface area (Å²) in [5.74, 6) is 0.663. The number of halogens is 1. The summed E-state index contributed by atoms with van der Waals surface area (Å²) in [5, 5.41) is 14.4. The van der Waals surface area contributed by atoms with Crippen molar-refractivity contribution in [2.45, 2.75) is 29.2 Å². The van der Waals surface area contributed by atoms with Crippen molar-refractivity contribution in [3.63, 3.8) is 0 Å². The summed E-state index contributed by atoms with van der Waals surface area (Å²) in [6.45, 7) is 1.72. The van der Waals surface area contributed by atoms with Crippen LogP contribution in [0.3, 0.4) is 0 Å². The minimum atomic E-state index is -0.727. The van der Waals surface area contributed by atoms with Gasteiger partial charge in [0.05, 0.1) is 7.11 Å². The summed E-state index contributed by atoms with van der Waals surface area (Å²) in [7, 11) is 1.64. The molecule has 1 unspecified atom stereocenters. The molecule has 0 saturated heterocycles. The fraction of sp³-hybridized carbons (Fsp3) is 0.167. The van der Waals surface area contributed by atoms with Crippen molar-refractivity contribution in [3.05, 3.63) is 90.0 Å². The highest BCUT2D eigenvalue weighted by atomic mass is 32.2. The Hall–Kier alpha value is -3.72. The van der Waals surface area contributed by atoms with Crippen molar-refractivity contribution in [3.8, 4) is 5.75 Å². The second-order valence-electron chi connectivity index (χ2n) is 7.31. The van der Waals surface area contributed by atoms with E-state index in [-0.39, 0.29) is 18.1 Å². The number of ether oxygens (including phenoxy) is 1. The number of nitrogens with one attached hydrogen (secondary N) is 1. The van der Waals surface area contributed by atoms with Crippen LogP contribution in [0.15, 0.2) is 82.6 Å². The monoisotopic (exact) mass is 463 g/mol. The van der Waals surface area contributed by atoms with Crippen LogP contribution < -0.4 is 10.1 Å². The number of nitrogens with zero attached hydrogens (tertiary/aromatic N) is 4. The van der Waals surface area contributed by atoms with Crippen LogP contribution in [0, 0.1) is 12.7 Å². The van der Waals surface area contributed by atoms with Gasteiger partial charge >= 0.3 is 0 Å². The molecule has 0 radical (unpaired) electrons. The lowest BCUT2D eigenvalue weighted by molar-refractivity contribution is -0.119. The molecular weight excluding hydrogens is 441 g/mol. The number of hydrogen-bond donors (Lipinski definition) is 1. The van der Waals surface area contributed by atoms with Crippen LogP contribution in [0.4, 0.5) is 10.1 Å². The van der Waals surface area contributed by atoms with E-state index in [4.69, 9.17) is 4.74 Å². The number of aryl methyl sites for hydroxylation is 1. The summed E-state index contributed by atoms with van der Waals surface area (Å²) < 4.78 is 20.3. The van der Waals surface area contributed by atoms with E-state index < -0.39 is 6.04 Å². The maximum absolute atomic E-state index is 13.7. The number of rotatable bonds is 8. The molecule has 0 spiro atoms. The van der Waals surface area contributed by atoms with Gasteiger partial charge in [-0.15, -0.1) is 5.10 Å². The summed E-state index contributed by atoms with van der Waals surface area (Å²) >= 11 is 1.61. The van der Waals surface area contributed by atoms with Crippen molar-refractivity contribution in [2.24, 2.45) is 0 Å².